The molecular weight excluding hydrogens is 206 g/mol. The van der Waals surface area contributed by atoms with E-state index in [9.17, 15) is 0 Å². The summed E-state index contributed by atoms with van der Waals surface area (Å²) < 4.78 is 1.14. The van der Waals surface area contributed by atoms with Gasteiger partial charge in [0.2, 0.25) is 0 Å². The largest absolute Gasteiger partial charge is 0.375 e. The van der Waals surface area contributed by atoms with E-state index in [1.54, 1.807) is 0 Å². The molecule has 1 heterocycles. The molecule has 2 rings (SSSR count). The summed E-state index contributed by atoms with van der Waals surface area (Å²) in [6, 6.07) is 6.18. The van der Waals surface area contributed by atoms with Gasteiger partial charge in [-0.15, -0.1) is 0 Å². The van der Waals surface area contributed by atoms with Gasteiger partial charge in [0.05, 0.1) is 10.2 Å². The molecule has 0 aliphatic heterocycles. The van der Waals surface area contributed by atoms with Gasteiger partial charge in [0.25, 0.3) is 0 Å². The van der Waals surface area contributed by atoms with E-state index in [-0.39, 0.29) is 0 Å². The standard InChI is InChI=1S/C11H13N3S/c1-13-6-2-3-8-4-5-10-9(7-8)14-11(12)15-10/h2-5,7,13H,6H2,1H3,(H2,12,14). The van der Waals surface area contributed by atoms with Crippen LogP contribution in [0.15, 0.2) is 24.3 Å². The lowest BCUT2D eigenvalue weighted by molar-refractivity contribution is 0.922. The van der Waals surface area contributed by atoms with Crippen molar-refractivity contribution in [1.82, 2.24) is 10.3 Å². The van der Waals surface area contributed by atoms with Crippen LogP contribution in [0.4, 0.5) is 5.13 Å². The Balaban J connectivity index is 2.30. The highest BCUT2D eigenvalue weighted by molar-refractivity contribution is 7.22. The van der Waals surface area contributed by atoms with Crippen LogP contribution in [0.2, 0.25) is 0 Å². The highest BCUT2D eigenvalue weighted by atomic mass is 32.1. The van der Waals surface area contributed by atoms with Crippen LogP contribution in [-0.2, 0) is 0 Å². The molecule has 15 heavy (non-hydrogen) atoms. The number of nitrogens with zero attached hydrogens (tertiary/aromatic N) is 1. The lowest BCUT2D eigenvalue weighted by Crippen LogP contribution is -2.03. The third-order valence-corrected chi connectivity index (χ3v) is 2.93. The van der Waals surface area contributed by atoms with E-state index in [0.717, 1.165) is 22.3 Å². The molecule has 2 aromatic rings. The molecule has 0 amide bonds. The first kappa shape index (κ1) is 10.1. The third kappa shape index (κ3) is 2.34. The minimum atomic E-state index is 0.626. The molecule has 0 bridgehead atoms. The van der Waals surface area contributed by atoms with Crippen molar-refractivity contribution in [1.29, 1.82) is 0 Å². The summed E-state index contributed by atoms with van der Waals surface area (Å²) in [5.41, 5.74) is 7.77. The number of hydrogen-bond acceptors (Lipinski definition) is 4. The predicted octanol–water partition coefficient (Wildman–Crippen LogP) is 2.11. The van der Waals surface area contributed by atoms with Gasteiger partial charge in [-0.25, -0.2) is 4.98 Å². The van der Waals surface area contributed by atoms with Gasteiger partial charge in [-0.05, 0) is 24.7 Å². The maximum atomic E-state index is 5.64. The number of aromatic nitrogens is 1. The predicted molar refractivity (Wildman–Crippen MR) is 67.0 cm³/mol. The number of nitrogen functional groups attached to an aromatic ring is 1. The van der Waals surface area contributed by atoms with E-state index in [4.69, 9.17) is 5.73 Å². The van der Waals surface area contributed by atoms with Crippen LogP contribution in [0, 0.1) is 0 Å². The molecule has 0 fully saturated rings. The summed E-state index contributed by atoms with van der Waals surface area (Å²) in [7, 11) is 1.93. The van der Waals surface area contributed by atoms with Gasteiger partial charge in [0.15, 0.2) is 5.13 Å². The van der Waals surface area contributed by atoms with Crippen LogP contribution < -0.4 is 11.1 Å². The SMILES string of the molecule is CNCC=Cc1ccc2sc(N)nc2c1. The van der Waals surface area contributed by atoms with Gasteiger partial charge < -0.3 is 11.1 Å². The fraction of sp³-hybridized carbons (Fsp3) is 0.182. The molecule has 0 unspecified atom stereocenters. The molecule has 0 aliphatic rings. The maximum absolute atomic E-state index is 5.64. The molecule has 3 N–H and O–H groups in total. The highest BCUT2D eigenvalue weighted by Crippen LogP contribution is 2.24. The number of hydrogen-bond donors (Lipinski definition) is 2. The van der Waals surface area contributed by atoms with Crippen LogP contribution in [-0.4, -0.2) is 18.6 Å². The Hall–Kier alpha value is -1.39. The van der Waals surface area contributed by atoms with E-state index < -0.39 is 0 Å². The number of anilines is 1. The van der Waals surface area contributed by atoms with Crippen molar-refractivity contribution in [3.8, 4) is 0 Å². The van der Waals surface area contributed by atoms with Crippen LogP contribution in [0.5, 0.6) is 0 Å². The van der Waals surface area contributed by atoms with E-state index in [0.29, 0.717) is 5.13 Å². The van der Waals surface area contributed by atoms with Gasteiger partial charge in [0, 0.05) is 6.54 Å². The maximum Gasteiger partial charge on any atom is 0.181 e. The van der Waals surface area contributed by atoms with Crippen molar-refractivity contribution in [3.05, 3.63) is 29.8 Å². The quantitative estimate of drug-likeness (QED) is 0.831. The van der Waals surface area contributed by atoms with Crippen LogP contribution in [0.3, 0.4) is 0 Å². The third-order valence-electron chi connectivity index (χ3n) is 2.06. The molecule has 0 radical (unpaired) electrons. The topological polar surface area (TPSA) is 50.9 Å². The monoisotopic (exact) mass is 219 g/mol. The van der Waals surface area contributed by atoms with Gasteiger partial charge in [-0.2, -0.15) is 0 Å². The first-order chi connectivity index (χ1) is 7.29. The summed E-state index contributed by atoms with van der Waals surface area (Å²) >= 11 is 1.52. The Morgan fingerprint density at radius 2 is 2.40 bits per heavy atom. The second kappa shape index (κ2) is 4.42. The molecule has 1 aromatic carbocycles. The van der Waals surface area contributed by atoms with E-state index in [2.05, 4.69) is 34.6 Å². The van der Waals surface area contributed by atoms with Crippen LogP contribution in [0.25, 0.3) is 16.3 Å². The summed E-state index contributed by atoms with van der Waals surface area (Å²) in [6.07, 6.45) is 4.16. The minimum Gasteiger partial charge on any atom is -0.375 e. The zero-order valence-electron chi connectivity index (χ0n) is 8.53. The normalized spacial score (nSPS) is 11.5. The molecule has 4 heteroatoms. The molecule has 0 aliphatic carbocycles. The van der Waals surface area contributed by atoms with Crippen molar-refractivity contribution in [2.45, 2.75) is 0 Å². The highest BCUT2D eigenvalue weighted by Gasteiger charge is 1.99. The average Bonchev–Trinajstić information content (AvgIpc) is 2.57. The van der Waals surface area contributed by atoms with Gasteiger partial charge in [-0.3, -0.25) is 0 Å². The molecule has 0 saturated carbocycles. The van der Waals surface area contributed by atoms with Crippen LogP contribution >= 0.6 is 11.3 Å². The number of thiazole rings is 1. The lowest BCUT2D eigenvalue weighted by atomic mass is 10.2. The zero-order chi connectivity index (χ0) is 10.7. The second-order valence-corrected chi connectivity index (χ2v) is 4.30. The Morgan fingerprint density at radius 1 is 1.53 bits per heavy atom. The first-order valence-corrected chi connectivity index (χ1v) is 5.58. The first-order valence-electron chi connectivity index (χ1n) is 4.77. The van der Waals surface area contributed by atoms with E-state index >= 15 is 0 Å². The summed E-state index contributed by atoms with van der Waals surface area (Å²) in [4.78, 5) is 4.25. The molecule has 3 nitrogen and oxygen atoms in total. The molecule has 78 valence electrons. The number of nitrogens with one attached hydrogen (secondary N) is 1. The summed E-state index contributed by atoms with van der Waals surface area (Å²) in [5, 5.41) is 3.69. The zero-order valence-corrected chi connectivity index (χ0v) is 9.34. The van der Waals surface area contributed by atoms with Gasteiger partial charge in [-0.1, -0.05) is 29.6 Å². The fourth-order valence-electron chi connectivity index (χ4n) is 1.38. The number of nitrogens with two attached hydrogens (primary N) is 1. The number of fused-ring (bicyclic) bond motifs is 1. The van der Waals surface area contributed by atoms with Gasteiger partial charge >= 0.3 is 0 Å². The Morgan fingerprint density at radius 3 is 3.20 bits per heavy atom. The van der Waals surface area contributed by atoms with Crippen LogP contribution in [0.1, 0.15) is 5.56 Å². The fourth-order valence-corrected chi connectivity index (χ4v) is 2.09. The minimum absolute atomic E-state index is 0.626. The molecule has 1 aromatic heterocycles. The molecular formula is C11H13N3S. The second-order valence-electron chi connectivity index (χ2n) is 3.24. The van der Waals surface area contributed by atoms with Crippen molar-refractivity contribution in [2.75, 3.05) is 19.3 Å². The van der Waals surface area contributed by atoms with Crippen molar-refractivity contribution >= 4 is 32.8 Å². The number of likely N-dealkylation sites (N-methyl/N-ethyl adjacent to an activating group) is 1. The van der Waals surface area contributed by atoms with E-state index in [1.165, 1.54) is 11.3 Å². The van der Waals surface area contributed by atoms with Crippen molar-refractivity contribution in [3.63, 3.8) is 0 Å². The average molecular weight is 219 g/mol. The number of rotatable bonds is 3. The molecule has 0 saturated heterocycles. The Kier molecular flexibility index (Phi) is 2.99. The Labute approximate surface area is 92.6 Å². The molecule has 0 atom stereocenters. The van der Waals surface area contributed by atoms with Crippen molar-refractivity contribution in [2.24, 2.45) is 0 Å². The summed E-state index contributed by atoms with van der Waals surface area (Å²) in [6.45, 7) is 0.872. The van der Waals surface area contributed by atoms with Crippen molar-refractivity contribution < 1.29 is 0 Å². The van der Waals surface area contributed by atoms with E-state index in [1.807, 2.05) is 13.1 Å². The summed E-state index contributed by atoms with van der Waals surface area (Å²) in [5.74, 6) is 0. The van der Waals surface area contributed by atoms with Gasteiger partial charge in [0.1, 0.15) is 0 Å². The number of benzene rings is 1. The lowest BCUT2D eigenvalue weighted by Gasteiger charge is -1.93. The molecule has 0 spiro atoms. The Bertz CT molecular complexity index is 488. The smallest absolute Gasteiger partial charge is 0.181 e.